The molecular formula is C12H15ClN4O. The van der Waals surface area contributed by atoms with E-state index < -0.39 is 0 Å². The van der Waals surface area contributed by atoms with Crippen LogP contribution in [0, 0.1) is 0 Å². The van der Waals surface area contributed by atoms with E-state index in [1.54, 1.807) is 41.3 Å². The van der Waals surface area contributed by atoms with Gasteiger partial charge in [-0.15, -0.1) is 11.6 Å². The molecule has 2 aromatic rings. The number of carbonyl (C=O) groups excluding carboxylic acids is 1. The van der Waals surface area contributed by atoms with Crippen LogP contribution in [0.25, 0.3) is 5.52 Å². The van der Waals surface area contributed by atoms with E-state index in [2.05, 4.69) is 10.1 Å². The molecular weight excluding hydrogens is 252 g/mol. The van der Waals surface area contributed by atoms with Crippen LogP contribution in [0.2, 0.25) is 0 Å². The Morgan fingerprint density at radius 2 is 2.33 bits per heavy atom. The molecule has 0 fully saturated rings. The van der Waals surface area contributed by atoms with E-state index in [0.29, 0.717) is 17.6 Å². The van der Waals surface area contributed by atoms with Gasteiger partial charge in [0, 0.05) is 31.4 Å². The van der Waals surface area contributed by atoms with E-state index in [1.165, 1.54) is 0 Å². The minimum absolute atomic E-state index is 0.0599. The van der Waals surface area contributed by atoms with Crippen molar-refractivity contribution in [3.8, 4) is 0 Å². The molecule has 96 valence electrons. The Morgan fingerprint density at radius 3 is 3.06 bits per heavy atom. The Labute approximate surface area is 110 Å². The van der Waals surface area contributed by atoms with Crippen LogP contribution < -0.4 is 0 Å². The monoisotopic (exact) mass is 266 g/mol. The lowest BCUT2D eigenvalue weighted by atomic mass is 10.2. The molecule has 0 aliphatic carbocycles. The fourth-order valence-corrected chi connectivity index (χ4v) is 1.78. The Kier molecular flexibility index (Phi) is 3.81. The molecule has 2 aromatic heterocycles. The molecule has 0 saturated carbocycles. The normalized spacial score (nSPS) is 12.6. The van der Waals surface area contributed by atoms with Crippen molar-refractivity contribution in [3.05, 3.63) is 30.4 Å². The summed E-state index contributed by atoms with van der Waals surface area (Å²) >= 11 is 5.88. The van der Waals surface area contributed by atoms with Crippen LogP contribution in [0.3, 0.4) is 0 Å². The van der Waals surface area contributed by atoms with Crippen LogP contribution in [0.15, 0.2) is 24.8 Å². The Balaban J connectivity index is 2.18. The third kappa shape index (κ3) is 2.61. The van der Waals surface area contributed by atoms with E-state index >= 15 is 0 Å². The number of hydrogen-bond donors (Lipinski definition) is 0. The highest BCUT2D eigenvalue weighted by molar-refractivity contribution is 6.20. The summed E-state index contributed by atoms with van der Waals surface area (Å²) in [5, 5.41) is 4.18. The topological polar surface area (TPSA) is 50.5 Å². The molecule has 18 heavy (non-hydrogen) atoms. The van der Waals surface area contributed by atoms with Crippen molar-refractivity contribution in [2.24, 2.45) is 0 Å². The molecule has 5 nitrogen and oxygen atoms in total. The molecule has 0 aliphatic heterocycles. The van der Waals surface area contributed by atoms with Gasteiger partial charge >= 0.3 is 0 Å². The first-order valence-electron chi connectivity index (χ1n) is 5.76. The summed E-state index contributed by atoms with van der Waals surface area (Å²) in [5.74, 6) is -0.0599. The highest BCUT2D eigenvalue weighted by Gasteiger charge is 2.17. The molecule has 6 heteroatoms. The molecule has 0 bridgehead atoms. The molecule has 0 spiro atoms. The third-order valence-electron chi connectivity index (χ3n) is 2.76. The minimum Gasteiger partial charge on any atom is -0.342 e. The number of rotatable bonds is 4. The van der Waals surface area contributed by atoms with E-state index in [1.807, 2.05) is 6.92 Å². The number of fused-ring (bicyclic) bond motifs is 1. The molecule has 1 unspecified atom stereocenters. The van der Waals surface area contributed by atoms with Crippen LogP contribution in [-0.2, 0) is 0 Å². The van der Waals surface area contributed by atoms with Crippen molar-refractivity contribution in [2.45, 2.75) is 18.7 Å². The zero-order valence-corrected chi connectivity index (χ0v) is 11.1. The summed E-state index contributed by atoms with van der Waals surface area (Å²) in [6.07, 6.45) is 7.32. The fourth-order valence-electron chi connectivity index (χ4n) is 1.68. The van der Waals surface area contributed by atoms with Gasteiger partial charge in [0.1, 0.15) is 0 Å². The predicted octanol–water partition coefficient (Wildman–Crippen LogP) is 1.82. The number of hydrogen-bond acceptors (Lipinski definition) is 3. The predicted molar refractivity (Wildman–Crippen MR) is 69.9 cm³/mol. The molecule has 0 saturated heterocycles. The third-order valence-corrected chi connectivity index (χ3v) is 2.98. The second kappa shape index (κ2) is 5.35. The molecule has 2 heterocycles. The van der Waals surface area contributed by atoms with Gasteiger partial charge in [0.2, 0.25) is 0 Å². The molecule has 0 N–H and O–H groups in total. The second-order valence-corrected chi connectivity index (χ2v) is 5.01. The Bertz CT molecular complexity index is 552. The first-order valence-corrected chi connectivity index (χ1v) is 6.20. The lowest BCUT2D eigenvalue weighted by Gasteiger charge is -2.17. The molecule has 2 rings (SSSR count). The molecule has 0 aliphatic rings. The van der Waals surface area contributed by atoms with Crippen molar-refractivity contribution in [1.82, 2.24) is 19.5 Å². The number of halogens is 1. The first kappa shape index (κ1) is 12.8. The molecule has 0 radical (unpaired) electrons. The van der Waals surface area contributed by atoms with E-state index in [4.69, 9.17) is 11.6 Å². The van der Waals surface area contributed by atoms with Crippen molar-refractivity contribution in [2.75, 3.05) is 13.6 Å². The maximum absolute atomic E-state index is 12.2. The maximum atomic E-state index is 12.2. The summed E-state index contributed by atoms with van der Waals surface area (Å²) in [6, 6.07) is 0. The zero-order valence-electron chi connectivity index (χ0n) is 10.4. The van der Waals surface area contributed by atoms with Gasteiger partial charge in [0.05, 0.1) is 23.5 Å². The number of alkyl halides is 1. The zero-order chi connectivity index (χ0) is 13.1. The number of amides is 1. The Morgan fingerprint density at radius 1 is 1.56 bits per heavy atom. The van der Waals surface area contributed by atoms with Crippen LogP contribution in [0.1, 0.15) is 23.7 Å². The van der Waals surface area contributed by atoms with Crippen LogP contribution >= 0.6 is 11.6 Å². The van der Waals surface area contributed by atoms with Crippen LogP contribution in [0.5, 0.6) is 0 Å². The van der Waals surface area contributed by atoms with E-state index in [0.717, 1.165) is 6.42 Å². The summed E-state index contributed by atoms with van der Waals surface area (Å²) in [7, 11) is 1.77. The van der Waals surface area contributed by atoms with E-state index in [9.17, 15) is 4.79 Å². The van der Waals surface area contributed by atoms with Crippen LogP contribution in [0.4, 0.5) is 0 Å². The summed E-state index contributed by atoms with van der Waals surface area (Å²) in [5.41, 5.74) is 1.28. The SMILES string of the molecule is CC(Cl)CCN(C)C(=O)c1cnn2ccncc12. The smallest absolute Gasteiger partial charge is 0.257 e. The molecule has 1 amide bonds. The van der Waals surface area contributed by atoms with Gasteiger partial charge < -0.3 is 4.90 Å². The summed E-state index contributed by atoms with van der Waals surface area (Å²) in [4.78, 5) is 17.9. The quantitative estimate of drug-likeness (QED) is 0.793. The average molecular weight is 267 g/mol. The van der Waals surface area contributed by atoms with Gasteiger partial charge in [-0.25, -0.2) is 4.52 Å². The Hall–Kier alpha value is -1.62. The first-order chi connectivity index (χ1) is 8.59. The maximum Gasteiger partial charge on any atom is 0.257 e. The standard InChI is InChI=1S/C12H15ClN4O/c1-9(13)3-5-16(2)12(18)10-7-15-17-6-4-14-8-11(10)17/h4,6-9H,3,5H2,1-2H3. The van der Waals surface area contributed by atoms with Gasteiger partial charge in [-0.05, 0) is 13.3 Å². The number of aromatic nitrogens is 3. The van der Waals surface area contributed by atoms with Gasteiger partial charge in [0.15, 0.2) is 0 Å². The summed E-state index contributed by atoms with van der Waals surface area (Å²) in [6.45, 7) is 2.54. The highest BCUT2D eigenvalue weighted by Crippen LogP contribution is 2.12. The molecule has 0 aromatic carbocycles. The van der Waals surface area contributed by atoms with Crippen LogP contribution in [-0.4, -0.2) is 44.4 Å². The van der Waals surface area contributed by atoms with Gasteiger partial charge in [-0.1, -0.05) is 0 Å². The number of nitrogens with zero attached hydrogens (tertiary/aromatic N) is 4. The van der Waals surface area contributed by atoms with Gasteiger partial charge in [-0.3, -0.25) is 9.78 Å². The van der Waals surface area contributed by atoms with Crippen molar-refractivity contribution in [1.29, 1.82) is 0 Å². The largest absolute Gasteiger partial charge is 0.342 e. The van der Waals surface area contributed by atoms with Crippen molar-refractivity contribution >= 4 is 23.0 Å². The number of carbonyl (C=O) groups is 1. The minimum atomic E-state index is -0.0599. The van der Waals surface area contributed by atoms with Crippen molar-refractivity contribution < 1.29 is 4.79 Å². The lowest BCUT2D eigenvalue weighted by molar-refractivity contribution is 0.0795. The second-order valence-electron chi connectivity index (χ2n) is 4.26. The van der Waals surface area contributed by atoms with Gasteiger partial charge in [-0.2, -0.15) is 5.10 Å². The highest BCUT2D eigenvalue weighted by atomic mass is 35.5. The fraction of sp³-hybridized carbons (Fsp3) is 0.417. The average Bonchev–Trinajstić information content (AvgIpc) is 2.78. The molecule has 1 atom stereocenters. The van der Waals surface area contributed by atoms with Gasteiger partial charge in [0.25, 0.3) is 5.91 Å². The lowest BCUT2D eigenvalue weighted by Crippen LogP contribution is -2.28. The van der Waals surface area contributed by atoms with Crippen molar-refractivity contribution in [3.63, 3.8) is 0 Å². The van der Waals surface area contributed by atoms with E-state index in [-0.39, 0.29) is 11.3 Å². The summed E-state index contributed by atoms with van der Waals surface area (Å²) < 4.78 is 1.64.